The molecule has 1 unspecified atom stereocenters. The first-order valence-corrected chi connectivity index (χ1v) is 8.95. The third-order valence-electron chi connectivity index (χ3n) is 4.33. The molecular formula is C19H30BN3O2. The summed E-state index contributed by atoms with van der Waals surface area (Å²) in [6.45, 7) is 5.57. The van der Waals surface area contributed by atoms with Crippen LogP contribution in [0.1, 0.15) is 38.7 Å². The molecule has 136 valence electrons. The Balaban J connectivity index is 2.47. The second kappa shape index (κ2) is 11.9. The molecule has 0 radical (unpaired) electrons. The number of aliphatic hydroxyl groups is 1. The van der Waals surface area contributed by atoms with Crippen molar-refractivity contribution in [1.29, 1.82) is 5.26 Å². The summed E-state index contributed by atoms with van der Waals surface area (Å²) in [4.78, 5) is 0. The number of nitrogens with one attached hydrogen (secondary N) is 2. The number of hydrogen-bond donors (Lipinski definition) is 3. The van der Waals surface area contributed by atoms with Crippen molar-refractivity contribution in [1.82, 2.24) is 10.6 Å². The van der Waals surface area contributed by atoms with E-state index in [4.69, 9.17) is 5.26 Å². The van der Waals surface area contributed by atoms with Crippen LogP contribution < -0.4 is 10.6 Å². The van der Waals surface area contributed by atoms with E-state index in [1.54, 1.807) is 0 Å². The van der Waals surface area contributed by atoms with Crippen LogP contribution in [0.15, 0.2) is 30.3 Å². The summed E-state index contributed by atoms with van der Waals surface area (Å²) in [5.41, 5.74) is 1.21. The molecule has 1 aromatic rings. The molecule has 0 bridgehead atoms. The van der Waals surface area contributed by atoms with Crippen LogP contribution in [0.4, 0.5) is 0 Å². The van der Waals surface area contributed by atoms with Crippen LogP contribution in [0.2, 0.25) is 0 Å². The van der Waals surface area contributed by atoms with Crippen molar-refractivity contribution in [2.45, 2.75) is 51.7 Å². The van der Waals surface area contributed by atoms with Gasteiger partial charge < -0.3 is 0 Å². The summed E-state index contributed by atoms with van der Waals surface area (Å²) in [5, 5.41) is 25.6. The van der Waals surface area contributed by atoms with Crippen molar-refractivity contribution in [3.8, 4) is 6.07 Å². The first-order valence-electron chi connectivity index (χ1n) is 8.95. The Labute approximate surface area is 152 Å². The van der Waals surface area contributed by atoms with E-state index >= 15 is 0 Å². The number of unbranched alkanes of at least 4 members (excludes halogenated alkanes) is 1. The van der Waals surface area contributed by atoms with Gasteiger partial charge in [0.25, 0.3) is 0 Å². The Morgan fingerprint density at radius 1 is 1.32 bits per heavy atom. The first kappa shape index (κ1) is 21.5. The van der Waals surface area contributed by atoms with E-state index in [1.807, 2.05) is 30.3 Å². The van der Waals surface area contributed by atoms with Gasteiger partial charge in [-0.2, -0.15) is 5.26 Å². The number of rotatable bonds is 13. The molecule has 3 N–H and O–H groups in total. The third kappa shape index (κ3) is 9.50. The number of benzene rings is 1. The topological polar surface area (TPSA) is 85.2 Å². The normalized spacial score (nSPS) is 13.7. The predicted octanol–water partition coefficient (Wildman–Crippen LogP) is 1.87. The quantitative estimate of drug-likeness (QED) is 0.376. The van der Waals surface area contributed by atoms with Gasteiger partial charge in [-0.3, -0.25) is 0 Å². The van der Waals surface area contributed by atoms with Gasteiger partial charge in [-0.15, -0.1) is 0 Å². The van der Waals surface area contributed by atoms with E-state index < -0.39 is 6.10 Å². The van der Waals surface area contributed by atoms with Crippen LogP contribution in [-0.4, -0.2) is 43.9 Å². The Morgan fingerprint density at radius 2 is 2.04 bits per heavy atom. The molecule has 0 saturated heterocycles. The Kier molecular flexibility index (Phi) is 10.2. The summed E-state index contributed by atoms with van der Waals surface area (Å²) in [7, 11) is 0.816. The van der Waals surface area contributed by atoms with Crippen LogP contribution >= 0.6 is 0 Å². The molecule has 1 aromatic carbocycles. The monoisotopic (exact) mass is 343 g/mol. The van der Waals surface area contributed by atoms with Gasteiger partial charge in [0, 0.05) is 0 Å². The van der Waals surface area contributed by atoms with Crippen molar-refractivity contribution in [3.63, 3.8) is 0 Å². The fraction of sp³-hybridized carbons (Fsp3) is 0.632. The molecule has 0 amide bonds. The van der Waals surface area contributed by atoms with Crippen molar-refractivity contribution in [3.05, 3.63) is 35.9 Å². The van der Waals surface area contributed by atoms with Crippen LogP contribution in [0, 0.1) is 16.7 Å². The first-order chi connectivity index (χ1) is 12.0. The van der Waals surface area contributed by atoms with Gasteiger partial charge in [0.15, 0.2) is 0 Å². The van der Waals surface area contributed by atoms with E-state index in [-0.39, 0.29) is 17.9 Å². The number of nitriles is 1. The summed E-state index contributed by atoms with van der Waals surface area (Å²) >= 11 is 0. The maximum absolute atomic E-state index is 10.7. The average molecular weight is 343 g/mol. The number of nitrogens with zero attached hydrogens (tertiary/aromatic N) is 1. The van der Waals surface area contributed by atoms with Gasteiger partial charge in [0.05, 0.1) is 0 Å². The Morgan fingerprint density at radius 3 is 2.68 bits per heavy atom. The molecule has 0 spiro atoms. The Hall–Kier alpha value is -1.55. The van der Waals surface area contributed by atoms with Crippen molar-refractivity contribution in [2.24, 2.45) is 5.41 Å². The van der Waals surface area contributed by atoms with E-state index in [0.29, 0.717) is 19.4 Å². The molecule has 0 saturated carbocycles. The van der Waals surface area contributed by atoms with Gasteiger partial charge in [-0.1, -0.05) is 0 Å². The molecule has 5 nitrogen and oxygen atoms in total. The second-order valence-corrected chi connectivity index (χ2v) is 7.25. The fourth-order valence-electron chi connectivity index (χ4n) is 2.85. The molecule has 25 heavy (non-hydrogen) atoms. The summed E-state index contributed by atoms with van der Waals surface area (Å²) in [6.07, 6.45) is 2.76. The molecule has 2 atom stereocenters. The van der Waals surface area contributed by atoms with Gasteiger partial charge in [0.2, 0.25) is 0 Å². The van der Waals surface area contributed by atoms with Gasteiger partial charge >= 0.3 is 146 Å². The fourth-order valence-corrected chi connectivity index (χ4v) is 2.85. The van der Waals surface area contributed by atoms with Crippen molar-refractivity contribution >= 4 is 7.15 Å². The van der Waals surface area contributed by atoms with Crippen LogP contribution in [-0.2, 0) is 11.1 Å². The van der Waals surface area contributed by atoms with Crippen LogP contribution in [0.25, 0.3) is 0 Å². The minimum absolute atomic E-state index is 0.0850. The minimum atomic E-state index is -0.588. The van der Waals surface area contributed by atoms with E-state index in [1.165, 1.54) is 0 Å². The SMILES string of the molecule is CC(C)(CCCC#N)CNCC(O)[C@H](Cc1ccccc1)NCB=O. The van der Waals surface area contributed by atoms with Crippen LogP contribution in [0.5, 0.6) is 0 Å². The molecular weight excluding hydrogens is 313 g/mol. The predicted molar refractivity (Wildman–Crippen MR) is 100 cm³/mol. The summed E-state index contributed by atoms with van der Waals surface area (Å²) < 4.78 is 10.7. The standard InChI is InChI=1S/C19H30BN3O2/c1-19(2,10-6-7-11-21)14-22-13-18(24)17(23-15-20-25)12-16-8-4-3-5-9-16/h3-5,8-9,17-18,22-24H,6-7,10,12-15H2,1-2H3/t17-,18?/m0/s1. The second-order valence-electron chi connectivity index (χ2n) is 7.25. The molecule has 0 aromatic heterocycles. The molecule has 0 heterocycles. The third-order valence-corrected chi connectivity index (χ3v) is 4.33. The van der Waals surface area contributed by atoms with Gasteiger partial charge in [-0.25, -0.2) is 0 Å². The molecule has 0 aliphatic carbocycles. The Bertz CT molecular complexity index is 531. The number of hydrogen-bond acceptors (Lipinski definition) is 5. The van der Waals surface area contributed by atoms with Crippen LogP contribution in [0.3, 0.4) is 0 Å². The zero-order valence-corrected chi connectivity index (χ0v) is 15.4. The zero-order chi connectivity index (χ0) is 18.5. The zero-order valence-electron chi connectivity index (χ0n) is 15.4. The average Bonchev–Trinajstić information content (AvgIpc) is 2.59. The van der Waals surface area contributed by atoms with Gasteiger partial charge in [-0.05, 0) is 0 Å². The van der Waals surface area contributed by atoms with Gasteiger partial charge in [0.1, 0.15) is 0 Å². The van der Waals surface area contributed by atoms with E-state index in [2.05, 4.69) is 30.6 Å². The molecule has 6 heteroatoms. The maximum atomic E-state index is 10.7. The van der Waals surface area contributed by atoms with E-state index in [9.17, 15) is 9.81 Å². The summed E-state index contributed by atoms with van der Waals surface area (Å²) in [5.74, 6) is 0. The molecule has 0 aliphatic rings. The molecule has 1 rings (SSSR count). The molecule has 0 aliphatic heterocycles. The molecule has 0 fully saturated rings. The number of aliphatic hydroxyl groups excluding tert-OH is 1. The van der Waals surface area contributed by atoms with Crippen molar-refractivity contribution in [2.75, 3.05) is 19.5 Å². The van der Waals surface area contributed by atoms with Crippen molar-refractivity contribution < 1.29 is 9.81 Å². The van der Waals surface area contributed by atoms with E-state index in [0.717, 1.165) is 32.1 Å². The summed E-state index contributed by atoms with van der Waals surface area (Å²) in [6, 6.07) is 11.9.